The normalized spacial score (nSPS) is 14.4. The van der Waals surface area contributed by atoms with Gasteiger partial charge >= 0.3 is 0 Å². The highest BCUT2D eigenvalue weighted by Gasteiger charge is 2.24. The molecule has 6 nitrogen and oxygen atoms in total. The van der Waals surface area contributed by atoms with Gasteiger partial charge in [0, 0.05) is 45.5 Å². The van der Waals surface area contributed by atoms with Gasteiger partial charge in [0.1, 0.15) is 11.5 Å². The Bertz CT molecular complexity index is 757. The molecule has 1 aromatic carbocycles. The van der Waals surface area contributed by atoms with Crippen LogP contribution in [0, 0.1) is 5.82 Å². The van der Waals surface area contributed by atoms with E-state index in [0.717, 1.165) is 13.1 Å². The molecule has 1 aromatic heterocycles. The molecule has 26 heavy (non-hydrogen) atoms. The van der Waals surface area contributed by atoms with Crippen molar-refractivity contribution in [2.75, 3.05) is 49.1 Å². The summed E-state index contributed by atoms with van der Waals surface area (Å²) in [6, 6.07) is 8.39. The first-order valence-electron chi connectivity index (χ1n) is 9.00. The Hall–Kier alpha value is -2.70. The Morgan fingerprint density at radius 1 is 1.12 bits per heavy atom. The molecule has 1 fully saturated rings. The zero-order chi connectivity index (χ0) is 18.5. The van der Waals surface area contributed by atoms with Crippen molar-refractivity contribution < 1.29 is 9.18 Å². The number of amides is 1. The van der Waals surface area contributed by atoms with Crippen molar-refractivity contribution in [2.45, 2.75) is 13.8 Å². The number of para-hydroxylation sites is 1. The van der Waals surface area contributed by atoms with Crippen LogP contribution in [0.4, 0.5) is 16.0 Å². The van der Waals surface area contributed by atoms with E-state index in [1.807, 2.05) is 29.7 Å². The second kappa shape index (κ2) is 8.12. The van der Waals surface area contributed by atoms with Crippen LogP contribution in [0.1, 0.15) is 24.3 Å². The van der Waals surface area contributed by atoms with E-state index in [1.54, 1.807) is 29.3 Å². The van der Waals surface area contributed by atoms with Gasteiger partial charge in [0.25, 0.3) is 5.91 Å². The third kappa shape index (κ3) is 3.76. The summed E-state index contributed by atoms with van der Waals surface area (Å²) in [5, 5.41) is 0. The zero-order valence-electron chi connectivity index (χ0n) is 15.2. The topological polar surface area (TPSA) is 52.6 Å². The van der Waals surface area contributed by atoms with E-state index in [9.17, 15) is 9.18 Å². The van der Waals surface area contributed by atoms with Crippen LogP contribution in [0.2, 0.25) is 0 Å². The Labute approximate surface area is 153 Å². The number of anilines is 2. The Morgan fingerprint density at radius 3 is 2.46 bits per heavy atom. The summed E-state index contributed by atoms with van der Waals surface area (Å²) in [4.78, 5) is 27.2. The zero-order valence-corrected chi connectivity index (χ0v) is 15.2. The van der Waals surface area contributed by atoms with E-state index < -0.39 is 0 Å². The van der Waals surface area contributed by atoms with Gasteiger partial charge in [0.05, 0.1) is 5.69 Å². The molecule has 1 saturated heterocycles. The summed E-state index contributed by atoms with van der Waals surface area (Å²) in [6.45, 7) is 7.91. The third-order valence-electron chi connectivity index (χ3n) is 4.67. The number of hydrogen-bond donors (Lipinski definition) is 0. The highest BCUT2D eigenvalue weighted by atomic mass is 19.1. The lowest BCUT2D eigenvalue weighted by atomic mass is 10.2. The number of nitrogens with zero attached hydrogens (tertiary/aromatic N) is 5. The summed E-state index contributed by atoms with van der Waals surface area (Å²) >= 11 is 0. The van der Waals surface area contributed by atoms with Gasteiger partial charge in [-0.05, 0) is 32.0 Å². The van der Waals surface area contributed by atoms with Gasteiger partial charge in [-0.1, -0.05) is 12.1 Å². The van der Waals surface area contributed by atoms with Gasteiger partial charge < -0.3 is 14.7 Å². The number of piperazine rings is 1. The first-order valence-corrected chi connectivity index (χ1v) is 9.00. The molecule has 7 heteroatoms. The maximum absolute atomic E-state index is 13.9. The standard InChI is InChI=1S/C19H24FN5O/c1-3-23(4-2)19-21-10-9-16(22-19)18(26)25-13-11-24(12-14-25)17-8-6-5-7-15(17)20/h5-10H,3-4,11-14H2,1-2H3. The van der Waals surface area contributed by atoms with Crippen LogP contribution < -0.4 is 9.80 Å². The molecule has 0 saturated carbocycles. The van der Waals surface area contributed by atoms with E-state index in [2.05, 4.69) is 9.97 Å². The van der Waals surface area contributed by atoms with Gasteiger partial charge in [-0.25, -0.2) is 14.4 Å². The molecule has 0 atom stereocenters. The highest BCUT2D eigenvalue weighted by Crippen LogP contribution is 2.20. The summed E-state index contributed by atoms with van der Waals surface area (Å²) in [5.41, 5.74) is 0.992. The predicted octanol–water partition coefficient (Wildman–Crippen LogP) is 2.42. The van der Waals surface area contributed by atoms with E-state index in [0.29, 0.717) is 43.5 Å². The Morgan fingerprint density at radius 2 is 1.81 bits per heavy atom. The number of hydrogen-bond acceptors (Lipinski definition) is 5. The van der Waals surface area contributed by atoms with Gasteiger partial charge in [0.2, 0.25) is 5.95 Å². The van der Waals surface area contributed by atoms with Crippen molar-refractivity contribution in [3.8, 4) is 0 Å². The summed E-state index contributed by atoms with van der Waals surface area (Å²) in [5.74, 6) is 0.242. The van der Waals surface area contributed by atoms with Crippen LogP contribution >= 0.6 is 0 Å². The minimum atomic E-state index is -0.230. The molecule has 0 bridgehead atoms. The monoisotopic (exact) mass is 357 g/mol. The Balaban J connectivity index is 1.67. The average molecular weight is 357 g/mol. The number of halogens is 1. The van der Waals surface area contributed by atoms with Gasteiger partial charge in [-0.2, -0.15) is 0 Å². The third-order valence-corrected chi connectivity index (χ3v) is 4.67. The molecule has 0 radical (unpaired) electrons. The maximum Gasteiger partial charge on any atom is 0.272 e. The van der Waals surface area contributed by atoms with E-state index in [-0.39, 0.29) is 11.7 Å². The van der Waals surface area contributed by atoms with Crippen molar-refractivity contribution in [2.24, 2.45) is 0 Å². The van der Waals surface area contributed by atoms with E-state index in [4.69, 9.17) is 0 Å². The minimum absolute atomic E-state index is 0.103. The van der Waals surface area contributed by atoms with Crippen LogP contribution in [0.3, 0.4) is 0 Å². The van der Waals surface area contributed by atoms with Crippen molar-refractivity contribution in [1.82, 2.24) is 14.9 Å². The number of benzene rings is 1. The van der Waals surface area contributed by atoms with Crippen molar-refractivity contribution >= 4 is 17.5 Å². The number of carbonyl (C=O) groups is 1. The molecule has 2 heterocycles. The van der Waals surface area contributed by atoms with E-state index in [1.165, 1.54) is 6.07 Å². The summed E-state index contributed by atoms with van der Waals surface area (Å²) < 4.78 is 13.9. The minimum Gasteiger partial charge on any atom is -0.366 e. The fraction of sp³-hybridized carbons (Fsp3) is 0.421. The summed E-state index contributed by atoms with van der Waals surface area (Å²) in [7, 11) is 0. The van der Waals surface area contributed by atoms with Crippen LogP contribution in [0.25, 0.3) is 0 Å². The average Bonchev–Trinajstić information content (AvgIpc) is 2.69. The highest BCUT2D eigenvalue weighted by molar-refractivity contribution is 5.92. The maximum atomic E-state index is 13.9. The molecule has 0 N–H and O–H groups in total. The van der Waals surface area contributed by atoms with Gasteiger partial charge in [-0.3, -0.25) is 4.79 Å². The van der Waals surface area contributed by atoms with Gasteiger partial charge in [0.15, 0.2) is 0 Å². The second-order valence-corrected chi connectivity index (χ2v) is 6.14. The molecule has 0 unspecified atom stereocenters. The lowest BCUT2D eigenvalue weighted by Crippen LogP contribution is -2.49. The van der Waals surface area contributed by atoms with E-state index >= 15 is 0 Å². The smallest absolute Gasteiger partial charge is 0.272 e. The number of carbonyl (C=O) groups excluding carboxylic acids is 1. The molecule has 1 amide bonds. The lowest BCUT2D eigenvalue weighted by molar-refractivity contribution is 0.0740. The molecule has 3 rings (SSSR count). The molecule has 1 aliphatic heterocycles. The molecular weight excluding hydrogens is 333 g/mol. The fourth-order valence-corrected chi connectivity index (χ4v) is 3.15. The molecule has 2 aromatic rings. The lowest BCUT2D eigenvalue weighted by Gasteiger charge is -2.36. The van der Waals surface area contributed by atoms with Crippen LogP contribution in [-0.4, -0.2) is 60.0 Å². The molecule has 0 aliphatic carbocycles. The first-order chi connectivity index (χ1) is 12.6. The quantitative estimate of drug-likeness (QED) is 0.823. The first kappa shape index (κ1) is 18.1. The van der Waals surface area contributed by atoms with Crippen LogP contribution in [-0.2, 0) is 0 Å². The van der Waals surface area contributed by atoms with Crippen LogP contribution in [0.15, 0.2) is 36.5 Å². The second-order valence-electron chi connectivity index (χ2n) is 6.14. The number of aromatic nitrogens is 2. The fourth-order valence-electron chi connectivity index (χ4n) is 3.15. The summed E-state index contributed by atoms with van der Waals surface area (Å²) in [6.07, 6.45) is 1.63. The largest absolute Gasteiger partial charge is 0.366 e. The molecular formula is C19H24FN5O. The van der Waals surface area contributed by atoms with Crippen molar-refractivity contribution in [3.63, 3.8) is 0 Å². The van der Waals surface area contributed by atoms with Crippen molar-refractivity contribution in [1.29, 1.82) is 0 Å². The number of rotatable bonds is 5. The van der Waals surface area contributed by atoms with Crippen LogP contribution in [0.5, 0.6) is 0 Å². The molecule has 138 valence electrons. The molecule has 1 aliphatic rings. The molecule has 0 spiro atoms. The van der Waals surface area contributed by atoms with Crippen molar-refractivity contribution in [3.05, 3.63) is 48.0 Å². The predicted molar refractivity (Wildman–Crippen MR) is 100 cm³/mol. The van der Waals surface area contributed by atoms with Gasteiger partial charge in [-0.15, -0.1) is 0 Å². The Kier molecular flexibility index (Phi) is 5.65. The SMILES string of the molecule is CCN(CC)c1nccc(C(=O)N2CCN(c3ccccc3F)CC2)n1.